The van der Waals surface area contributed by atoms with E-state index in [4.69, 9.17) is 0 Å². The summed E-state index contributed by atoms with van der Waals surface area (Å²) < 4.78 is 0. The third-order valence-corrected chi connectivity index (χ3v) is 3.51. The van der Waals surface area contributed by atoms with Gasteiger partial charge in [-0.2, -0.15) is 0 Å². The predicted molar refractivity (Wildman–Crippen MR) is 86.4 cm³/mol. The molecule has 0 radical (unpaired) electrons. The molecule has 0 spiro atoms. The van der Waals surface area contributed by atoms with Gasteiger partial charge in [0.2, 0.25) is 0 Å². The fraction of sp³-hybridized carbons (Fsp3) is 0.556. The molecule has 1 aromatic rings. The Hall–Kier alpha value is -1.08. The van der Waals surface area contributed by atoms with Gasteiger partial charge in [0, 0.05) is 6.54 Å². The van der Waals surface area contributed by atoms with Crippen LogP contribution in [-0.2, 0) is 0 Å². The Kier molecular flexibility index (Phi) is 6.30. The van der Waals surface area contributed by atoms with Crippen LogP contribution in [0.2, 0.25) is 0 Å². The molecule has 1 heteroatoms. The molecule has 1 N–H and O–H groups in total. The largest absolute Gasteiger partial charge is 0.313 e. The summed E-state index contributed by atoms with van der Waals surface area (Å²) in [6, 6.07) is 6.70. The maximum atomic E-state index is 3.54. The first-order valence-electron chi connectivity index (χ1n) is 7.38. The number of benzene rings is 1. The monoisotopic (exact) mass is 259 g/mol. The minimum Gasteiger partial charge on any atom is -0.313 e. The fourth-order valence-electron chi connectivity index (χ4n) is 2.00. The van der Waals surface area contributed by atoms with Crippen LogP contribution >= 0.6 is 0 Å². The van der Waals surface area contributed by atoms with E-state index in [2.05, 4.69) is 71.1 Å². The highest BCUT2D eigenvalue weighted by atomic mass is 14.9. The second-order valence-corrected chi connectivity index (χ2v) is 6.24. The molecule has 0 amide bonds. The van der Waals surface area contributed by atoms with Gasteiger partial charge in [0.25, 0.3) is 0 Å². The van der Waals surface area contributed by atoms with E-state index in [9.17, 15) is 0 Å². The quantitative estimate of drug-likeness (QED) is 0.788. The zero-order valence-corrected chi connectivity index (χ0v) is 13.4. The molecule has 0 saturated carbocycles. The lowest BCUT2D eigenvalue weighted by Gasteiger charge is -2.14. The second kappa shape index (κ2) is 7.49. The molecule has 0 bridgehead atoms. The third kappa shape index (κ3) is 5.61. The first-order chi connectivity index (χ1) is 8.90. The summed E-state index contributed by atoms with van der Waals surface area (Å²) in [6.45, 7) is 15.4. The van der Waals surface area contributed by atoms with Gasteiger partial charge < -0.3 is 5.32 Å². The molecule has 19 heavy (non-hydrogen) atoms. The molecule has 106 valence electrons. The molecule has 0 heterocycles. The minimum atomic E-state index is 0.585. The van der Waals surface area contributed by atoms with Crippen molar-refractivity contribution in [3.05, 3.63) is 40.5 Å². The Morgan fingerprint density at radius 2 is 1.79 bits per heavy atom. The lowest BCUT2D eigenvalue weighted by Crippen LogP contribution is -2.23. The summed E-state index contributed by atoms with van der Waals surface area (Å²) in [5, 5.41) is 3.54. The zero-order valence-electron chi connectivity index (χ0n) is 13.4. The zero-order chi connectivity index (χ0) is 14.4. The molecule has 0 atom stereocenters. The van der Waals surface area contributed by atoms with Gasteiger partial charge in [-0.3, -0.25) is 0 Å². The summed E-state index contributed by atoms with van der Waals surface area (Å²) in [7, 11) is 0. The number of hydrogen-bond acceptors (Lipinski definition) is 1. The molecule has 0 aromatic heterocycles. The van der Waals surface area contributed by atoms with Gasteiger partial charge in [-0.1, -0.05) is 57.5 Å². The van der Waals surface area contributed by atoms with E-state index in [1.807, 2.05) is 0 Å². The second-order valence-electron chi connectivity index (χ2n) is 6.24. The van der Waals surface area contributed by atoms with Gasteiger partial charge in [0.05, 0.1) is 0 Å². The van der Waals surface area contributed by atoms with Crippen LogP contribution in [0.15, 0.2) is 23.8 Å². The molecule has 0 aliphatic carbocycles. The summed E-state index contributed by atoms with van der Waals surface area (Å²) in [4.78, 5) is 0. The summed E-state index contributed by atoms with van der Waals surface area (Å²) >= 11 is 0. The Bertz CT molecular complexity index is 427. The number of nitrogens with one attached hydrogen (secondary N) is 1. The molecule has 0 aliphatic heterocycles. The van der Waals surface area contributed by atoms with Crippen LogP contribution in [0.5, 0.6) is 0 Å². The molecule has 0 fully saturated rings. The van der Waals surface area contributed by atoms with Crippen molar-refractivity contribution in [2.45, 2.75) is 41.5 Å². The van der Waals surface area contributed by atoms with Crippen molar-refractivity contribution in [1.82, 2.24) is 5.32 Å². The van der Waals surface area contributed by atoms with Crippen LogP contribution in [0, 0.1) is 25.7 Å². The van der Waals surface area contributed by atoms with Crippen molar-refractivity contribution in [2.24, 2.45) is 11.8 Å². The highest BCUT2D eigenvalue weighted by Crippen LogP contribution is 2.17. The molecule has 1 aromatic carbocycles. The topological polar surface area (TPSA) is 12.0 Å². The van der Waals surface area contributed by atoms with E-state index >= 15 is 0 Å². The molecule has 0 unspecified atom stereocenters. The van der Waals surface area contributed by atoms with Crippen LogP contribution in [0.4, 0.5) is 0 Å². The van der Waals surface area contributed by atoms with Crippen LogP contribution in [-0.4, -0.2) is 13.1 Å². The van der Waals surface area contributed by atoms with Crippen molar-refractivity contribution in [2.75, 3.05) is 13.1 Å². The van der Waals surface area contributed by atoms with E-state index in [1.165, 1.54) is 22.3 Å². The average Bonchev–Trinajstić information content (AvgIpc) is 2.32. The molecule has 1 nitrogen and oxygen atoms in total. The maximum Gasteiger partial charge on any atom is 0.0170 e. The van der Waals surface area contributed by atoms with Crippen LogP contribution in [0.3, 0.4) is 0 Å². The smallest absolute Gasteiger partial charge is 0.0170 e. The van der Waals surface area contributed by atoms with Gasteiger partial charge in [0.1, 0.15) is 0 Å². The number of aryl methyl sites for hydroxylation is 2. The van der Waals surface area contributed by atoms with Crippen molar-refractivity contribution in [3.8, 4) is 0 Å². The molecule has 0 aliphatic rings. The lowest BCUT2D eigenvalue weighted by molar-refractivity contribution is 0.558. The predicted octanol–water partition coefficient (Wildman–Crippen LogP) is 4.59. The van der Waals surface area contributed by atoms with E-state index in [1.54, 1.807) is 0 Å². The van der Waals surface area contributed by atoms with Crippen LogP contribution < -0.4 is 5.32 Å². The average molecular weight is 259 g/mol. The first-order valence-corrected chi connectivity index (χ1v) is 7.38. The van der Waals surface area contributed by atoms with Crippen molar-refractivity contribution >= 4 is 6.08 Å². The Morgan fingerprint density at radius 1 is 1.11 bits per heavy atom. The van der Waals surface area contributed by atoms with Crippen LogP contribution in [0.25, 0.3) is 6.08 Å². The Labute approximate surface area is 119 Å². The molecule has 0 saturated heterocycles. The van der Waals surface area contributed by atoms with Gasteiger partial charge in [-0.05, 0) is 48.9 Å². The van der Waals surface area contributed by atoms with E-state index in [-0.39, 0.29) is 0 Å². The van der Waals surface area contributed by atoms with Crippen LogP contribution in [0.1, 0.15) is 44.4 Å². The molecular weight excluding hydrogens is 230 g/mol. The SMILES string of the molecule is Cc1ccc(C=C(CNCC(C)C)C(C)C)cc1C. The highest BCUT2D eigenvalue weighted by molar-refractivity contribution is 5.55. The Morgan fingerprint density at radius 3 is 2.32 bits per heavy atom. The van der Waals surface area contributed by atoms with Crippen molar-refractivity contribution in [1.29, 1.82) is 0 Å². The van der Waals surface area contributed by atoms with Gasteiger partial charge in [-0.15, -0.1) is 0 Å². The van der Waals surface area contributed by atoms with E-state index in [0.717, 1.165) is 13.1 Å². The highest BCUT2D eigenvalue weighted by Gasteiger charge is 2.04. The minimum absolute atomic E-state index is 0.585. The normalized spacial score (nSPS) is 12.5. The molecule has 1 rings (SSSR count). The van der Waals surface area contributed by atoms with Crippen molar-refractivity contribution < 1.29 is 0 Å². The Balaban J connectivity index is 2.79. The summed E-state index contributed by atoms with van der Waals surface area (Å²) in [5.74, 6) is 1.29. The maximum absolute atomic E-state index is 3.54. The third-order valence-electron chi connectivity index (χ3n) is 3.51. The van der Waals surface area contributed by atoms with Gasteiger partial charge in [-0.25, -0.2) is 0 Å². The van der Waals surface area contributed by atoms with E-state index in [0.29, 0.717) is 11.8 Å². The lowest BCUT2D eigenvalue weighted by atomic mass is 9.98. The van der Waals surface area contributed by atoms with Gasteiger partial charge in [0.15, 0.2) is 0 Å². The van der Waals surface area contributed by atoms with E-state index < -0.39 is 0 Å². The summed E-state index contributed by atoms with van der Waals surface area (Å²) in [5.41, 5.74) is 5.52. The first kappa shape index (κ1) is 16.0. The number of rotatable bonds is 6. The standard InChI is InChI=1S/C18H29N/c1-13(2)11-19-12-18(14(3)4)10-17-8-7-15(5)16(6)9-17/h7-10,13-14,19H,11-12H2,1-6H3. The molecular formula is C18H29N. The van der Waals surface area contributed by atoms with Crippen molar-refractivity contribution in [3.63, 3.8) is 0 Å². The number of hydrogen-bond donors (Lipinski definition) is 1. The fourth-order valence-corrected chi connectivity index (χ4v) is 2.00. The van der Waals surface area contributed by atoms with Gasteiger partial charge >= 0.3 is 0 Å². The summed E-state index contributed by atoms with van der Waals surface area (Å²) in [6.07, 6.45) is 2.34.